The van der Waals surface area contributed by atoms with Gasteiger partial charge in [0.05, 0.1) is 0 Å². The Morgan fingerprint density at radius 2 is 1.63 bits per heavy atom. The van der Waals surface area contributed by atoms with Crippen molar-refractivity contribution in [3.8, 4) is 22.5 Å². The van der Waals surface area contributed by atoms with Crippen molar-refractivity contribution >= 4 is 23.4 Å². The third kappa shape index (κ3) is 9.80. The normalized spacial score (nSPS) is 16.6. The minimum Gasteiger partial charge on any atom is -0.351 e. The smallest absolute Gasteiger partial charge is 0.251 e. The Balaban J connectivity index is 1.30. The van der Waals surface area contributed by atoms with E-state index in [0.717, 1.165) is 67.6 Å². The van der Waals surface area contributed by atoms with E-state index in [1.165, 1.54) is 0 Å². The number of aromatic nitrogens is 4. The molecule has 0 unspecified atom stereocenters. The van der Waals surface area contributed by atoms with Gasteiger partial charge >= 0.3 is 0 Å². The van der Waals surface area contributed by atoms with E-state index in [-0.39, 0.29) is 30.1 Å². The molecule has 1 saturated carbocycles. The second-order valence-electron chi connectivity index (χ2n) is 12.6. The fraction of sp³-hybridized carbons (Fsp3) is 0.405. The third-order valence-corrected chi connectivity index (χ3v) is 9.37. The first kappa shape index (κ1) is 35.4. The Kier molecular flexibility index (Phi) is 12.6. The maximum atomic E-state index is 13.8. The van der Waals surface area contributed by atoms with Gasteiger partial charge in [0.1, 0.15) is 6.04 Å². The van der Waals surface area contributed by atoms with Gasteiger partial charge in [0.2, 0.25) is 17.6 Å². The van der Waals surface area contributed by atoms with Crippen LogP contribution in [0.1, 0.15) is 55.5 Å². The second kappa shape index (κ2) is 17.5. The van der Waals surface area contributed by atoms with Crippen LogP contribution in [0.5, 0.6) is 0 Å². The van der Waals surface area contributed by atoms with Crippen LogP contribution < -0.4 is 21.7 Å². The summed E-state index contributed by atoms with van der Waals surface area (Å²) in [7, 11) is 0. The van der Waals surface area contributed by atoms with Crippen molar-refractivity contribution in [2.24, 2.45) is 17.6 Å². The number of amides is 3. The predicted octanol–water partition coefficient (Wildman–Crippen LogP) is 4.04. The molecule has 1 aliphatic carbocycles. The van der Waals surface area contributed by atoms with Gasteiger partial charge < -0.3 is 26.6 Å². The fourth-order valence-electron chi connectivity index (χ4n) is 6.30. The zero-order valence-electron chi connectivity index (χ0n) is 28.3. The lowest BCUT2D eigenvalue weighted by molar-refractivity contribution is -0.130. The summed E-state index contributed by atoms with van der Waals surface area (Å²) in [5.74, 6) is 0.200. The number of hydrogen-bond donors (Lipinski definition) is 5. The van der Waals surface area contributed by atoms with Gasteiger partial charge in [-0.3, -0.25) is 14.4 Å². The highest BCUT2D eigenvalue weighted by atomic mass is 16.2. The Labute approximate surface area is 287 Å². The Morgan fingerprint density at radius 1 is 0.918 bits per heavy atom. The van der Waals surface area contributed by atoms with Crippen molar-refractivity contribution in [1.29, 1.82) is 0 Å². The molecule has 258 valence electrons. The second-order valence-corrected chi connectivity index (χ2v) is 12.6. The van der Waals surface area contributed by atoms with Crippen LogP contribution in [0.25, 0.3) is 22.5 Å². The number of tetrazole rings is 1. The topological polar surface area (TPSA) is 171 Å². The van der Waals surface area contributed by atoms with Gasteiger partial charge in [0, 0.05) is 42.2 Å². The first-order chi connectivity index (χ1) is 23.9. The molecular weight excluding hydrogens is 618 g/mol. The molecule has 0 saturated heterocycles. The monoisotopic (exact) mass is 665 g/mol. The van der Waals surface area contributed by atoms with E-state index < -0.39 is 6.04 Å². The van der Waals surface area contributed by atoms with Crippen LogP contribution in [0.3, 0.4) is 0 Å². The summed E-state index contributed by atoms with van der Waals surface area (Å²) >= 11 is 0. The van der Waals surface area contributed by atoms with Gasteiger partial charge in [-0.2, -0.15) is 5.21 Å². The van der Waals surface area contributed by atoms with Gasteiger partial charge in [-0.15, -0.1) is 10.2 Å². The van der Waals surface area contributed by atoms with E-state index in [1.54, 1.807) is 24.3 Å². The minimum absolute atomic E-state index is 0.112. The molecule has 0 spiro atoms. The largest absolute Gasteiger partial charge is 0.351 e. The number of aromatic amines is 1. The van der Waals surface area contributed by atoms with Gasteiger partial charge in [-0.1, -0.05) is 50.2 Å². The molecule has 1 atom stereocenters. The van der Waals surface area contributed by atoms with E-state index in [1.807, 2.05) is 48.5 Å². The number of carbonyl (C=O) groups is 3. The standard InChI is InChI=1S/C37H47N9O3/c1-3-46(4-2)20-19-39-35(47)31-10-6-9-30(23-31)29-8-5-7-26(21-29)22-33(41-36(48)28-13-11-25(24-38)12-14-28)37(49)40-32-17-15-27(16-18-32)34-42-44-45-43-34/h5-10,15-18,21,23,25,28,33H,3-4,11-14,19-20,22,24,38H2,1-2H3,(H,39,47)(H,40,49)(H,41,48)(H,42,43,44,45)/t25?,28?,33-/m0/s1. The van der Waals surface area contributed by atoms with Crippen molar-refractivity contribution in [3.05, 3.63) is 83.9 Å². The highest BCUT2D eigenvalue weighted by Crippen LogP contribution is 2.29. The summed E-state index contributed by atoms with van der Waals surface area (Å²) in [6.45, 7) is 8.10. The van der Waals surface area contributed by atoms with E-state index in [4.69, 9.17) is 5.73 Å². The van der Waals surface area contributed by atoms with Crippen molar-refractivity contribution in [2.45, 2.75) is 52.0 Å². The molecule has 5 rings (SSSR count). The summed E-state index contributed by atoms with van der Waals surface area (Å²) in [6.07, 6.45) is 3.62. The summed E-state index contributed by atoms with van der Waals surface area (Å²) in [5.41, 5.74) is 10.5. The predicted molar refractivity (Wildman–Crippen MR) is 190 cm³/mol. The molecule has 4 aromatic rings. The molecule has 0 bridgehead atoms. The van der Waals surface area contributed by atoms with Gasteiger partial charge in [-0.25, -0.2) is 0 Å². The van der Waals surface area contributed by atoms with Crippen molar-refractivity contribution in [2.75, 3.05) is 38.0 Å². The van der Waals surface area contributed by atoms with Crippen LogP contribution >= 0.6 is 0 Å². The van der Waals surface area contributed by atoms with Crippen LogP contribution in [0.4, 0.5) is 5.69 Å². The highest BCUT2D eigenvalue weighted by molar-refractivity contribution is 5.98. The Hall–Kier alpha value is -4.94. The number of nitrogens with two attached hydrogens (primary N) is 1. The lowest BCUT2D eigenvalue weighted by atomic mass is 9.81. The molecule has 3 amide bonds. The van der Waals surface area contributed by atoms with Crippen molar-refractivity contribution in [1.82, 2.24) is 36.2 Å². The SMILES string of the molecule is CCN(CC)CCNC(=O)c1cccc(-c2cccc(C[C@H](NC(=O)C3CCC(CN)CC3)C(=O)Nc3ccc(-c4nn[nH]n4)cc3)c2)c1. The van der Waals surface area contributed by atoms with Crippen LogP contribution in [-0.2, 0) is 16.0 Å². The average molecular weight is 666 g/mol. The van der Waals surface area contributed by atoms with Crippen LogP contribution in [0.15, 0.2) is 72.8 Å². The molecule has 1 aliphatic rings. The number of likely N-dealkylation sites (N-methyl/N-ethyl adjacent to an activating group) is 1. The minimum atomic E-state index is -0.810. The number of rotatable bonds is 15. The average Bonchev–Trinajstić information content (AvgIpc) is 3.69. The zero-order chi connectivity index (χ0) is 34.6. The van der Waals surface area contributed by atoms with Crippen LogP contribution in [-0.4, -0.2) is 82.0 Å². The first-order valence-electron chi connectivity index (χ1n) is 17.2. The zero-order valence-corrected chi connectivity index (χ0v) is 28.3. The van der Waals surface area contributed by atoms with E-state index in [9.17, 15) is 14.4 Å². The summed E-state index contributed by atoms with van der Waals surface area (Å²) in [6, 6.07) is 21.7. The highest BCUT2D eigenvalue weighted by Gasteiger charge is 2.29. The summed E-state index contributed by atoms with van der Waals surface area (Å²) in [5, 5.41) is 23.1. The number of nitrogens with one attached hydrogen (secondary N) is 4. The number of nitrogens with zero attached hydrogens (tertiary/aromatic N) is 4. The number of hydrogen-bond acceptors (Lipinski definition) is 8. The van der Waals surface area contributed by atoms with E-state index in [2.05, 4.69) is 55.3 Å². The molecule has 49 heavy (non-hydrogen) atoms. The molecular formula is C37H47N9O3. The van der Waals surface area contributed by atoms with Gasteiger partial charge in [0.15, 0.2) is 0 Å². The molecule has 1 fully saturated rings. The first-order valence-corrected chi connectivity index (χ1v) is 17.2. The number of H-pyrrole nitrogens is 1. The molecule has 1 heterocycles. The quantitative estimate of drug-likeness (QED) is 0.127. The number of carbonyl (C=O) groups excluding carboxylic acids is 3. The molecule has 12 heteroatoms. The number of benzene rings is 3. The summed E-state index contributed by atoms with van der Waals surface area (Å²) < 4.78 is 0. The molecule has 12 nitrogen and oxygen atoms in total. The number of anilines is 1. The maximum Gasteiger partial charge on any atom is 0.251 e. The lowest BCUT2D eigenvalue weighted by Crippen LogP contribution is -2.48. The maximum absolute atomic E-state index is 13.8. The molecule has 0 aliphatic heterocycles. The van der Waals surface area contributed by atoms with E-state index in [0.29, 0.717) is 36.1 Å². The lowest BCUT2D eigenvalue weighted by Gasteiger charge is -2.28. The third-order valence-electron chi connectivity index (χ3n) is 9.37. The Morgan fingerprint density at radius 3 is 2.31 bits per heavy atom. The Bertz CT molecular complexity index is 1660. The molecule has 3 aromatic carbocycles. The van der Waals surface area contributed by atoms with Crippen LogP contribution in [0, 0.1) is 11.8 Å². The molecule has 0 radical (unpaired) electrons. The van der Waals surface area contributed by atoms with E-state index >= 15 is 0 Å². The fourth-order valence-corrected chi connectivity index (χ4v) is 6.30. The summed E-state index contributed by atoms with van der Waals surface area (Å²) in [4.78, 5) is 42.4. The van der Waals surface area contributed by atoms with Crippen molar-refractivity contribution in [3.63, 3.8) is 0 Å². The van der Waals surface area contributed by atoms with Gasteiger partial charge in [-0.05, 0) is 110 Å². The molecule has 6 N–H and O–H groups in total. The molecule has 1 aromatic heterocycles. The van der Waals surface area contributed by atoms with Crippen LogP contribution in [0.2, 0.25) is 0 Å². The van der Waals surface area contributed by atoms with Crippen molar-refractivity contribution < 1.29 is 14.4 Å². The van der Waals surface area contributed by atoms with Gasteiger partial charge in [0.25, 0.3) is 5.91 Å².